The number of aliphatic hydroxyl groups is 1. The molecule has 608 valence electrons. The van der Waals surface area contributed by atoms with Gasteiger partial charge in [0, 0.05) is 25.7 Å². The third-order valence-electron chi connectivity index (χ3n) is 17.1. The number of unbranched alkanes of at least 4 members (excludes halogenated alkanes) is 29. The summed E-state index contributed by atoms with van der Waals surface area (Å²) in [6.45, 7) is 4.63. The zero-order valence-corrected chi connectivity index (χ0v) is 68.4. The highest BCUT2D eigenvalue weighted by Gasteiger charge is 2.30. The van der Waals surface area contributed by atoms with Gasteiger partial charge < -0.3 is 33.8 Å². The maximum atomic E-state index is 13.1. The first-order valence-corrected chi connectivity index (χ1v) is 44.4. The average molecular weight is 1530 g/mol. The minimum absolute atomic E-state index is 0.0729. The van der Waals surface area contributed by atoms with E-state index >= 15 is 0 Å². The Kier molecular flexibility index (Phi) is 74.8. The van der Waals surface area contributed by atoms with E-state index in [-0.39, 0.29) is 25.7 Å². The highest BCUT2D eigenvalue weighted by molar-refractivity contribution is 7.47. The highest BCUT2D eigenvalue weighted by Crippen LogP contribution is 2.45. The van der Waals surface area contributed by atoms with E-state index in [9.17, 15) is 43.2 Å². The van der Waals surface area contributed by atoms with Crippen molar-refractivity contribution in [1.29, 1.82) is 0 Å². The first kappa shape index (κ1) is 101. The lowest BCUT2D eigenvalue weighted by Crippen LogP contribution is -2.30. The van der Waals surface area contributed by atoms with Crippen LogP contribution < -0.4 is 0 Å². The third-order valence-corrected chi connectivity index (χ3v) is 19.0. The molecule has 0 aliphatic carbocycles. The number of phosphoric ester groups is 2. The molecule has 0 heterocycles. The molecule has 0 aromatic heterocycles. The first-order chi connectivity index (χ1) is 51.7. The van der Waals surface area contributed by atoms with Crippen molar-refractivity contribution in [2.75, 3.05) is 39.6 Å². The van der Waals surface area contributed by atoms with Gasteiger partial charge in [0.25, 0.3) is 0 Å². The van der Waals surface area contributed by atoms with E-state index in [1.54, 1.807) is 0 Å². The Labute approximate surface area is 644 Å². The van der Waals surface area contributed by atoms with Crippen LogP contribution in [-0.4, -0.2) is 96.7 Å². The van der Waals surface area contributed by atoms with Gasteiger partial charge >= 0.3 is 39.5 Å². The number of hydrogen-bond donors (Lipinski definition) is 3. The van der Waals surface area contributed by atoms with Crippen LogP contribution in [0.25, 0.3) is 0 Å². The second-order valence-corrected chi connectivity index (χ2v) is 30.2. The van der Waals surface area contributed by atoms with Gasteiger partial charge in [-0.3, -0.25) is 37.3 Å². The summed E-state index contributed by atoms with van der Waals surface area (Å²) in [6.07, 6.45) is 88.5. The fourth-order valence-corrected chi connectivity index (χ4v) is 12.3. The summed E-state index contributed by atoms with van der Waals surface area (Å²) in [5, 5.41) is 10.7. The van der Waals surface area contributed by atoms with Crippen molar-refractivity contribution in [2.45, 2.75) is 354 Å². The second kappa shape index (κ2) is 78.3. The van der Waals surface area contributed by atoms with Crippen LogP contribution in [0.15, 0.2) is 134 Å². The minimum atomic E-state index is -4.99. The molecule has 0 aliphatic rings. The van der Waals surface area contributed by atoms with Gasteiger partial charge in [-0.15, -0.1) is 0 Å². The zero-order chi connectivity index (χ0) is 77.4. The summed E-state index contributed by atoms with van der Waals surface area (Å²) in [6, 6.07) is 0. The number of carbonyl (C=O) groups excluding carboxylic acids is 4. The SMILES string of the molecule is CC/C=C\C/C=C\C/C=C\C/C=C\CCCCC(=O)OCC(COP(=O)(O)OCC(O)COP(=O)(O)OCC(COC(=O)CCCCCCCC/C=C\C/C=C\C/C=C\CCCCC)OC(=O)CCCCCCCC/C=C\C/C=C\C/C=C\CCCCC)OC(=O)CCCCCCC/C=C\CCCCCC. The molecule has 0 aromatic rings. The highest BCUT2D eigenvalue weighted by atomic mass is 31.2. The quantitative estimate of drug-likeness (QED) is 0.0169. The van der Waals surface area contributed by atoms with Crippen LogP contribution in [0, 0.1) is 0 Å². The molecule has 0 amide bonds. The molecular formula is C87H148O17P2. The Morgan fingerprint density at radius 1 is 0.274 bits per heavy atom. The Balaban J connectivity index is 5.42. The maximum Gasteiger partial charge on any atom is 0.472 e. The molecule has 5 atom stereocenters. The predicted molar refractivity (Wildman–Crippen MR) is 436 cm³/mol. The number of carbonyl (C=O) groups is 4. The number of allylic oxidation sites excluding steroid dienone is 22. The molecule has 0 radical (unpaired) electrons. The third kappa shape index (κ3) is 77.4. The number of phosphoric acid groups is 2. The van der Waals surface area contributed by atoms with Gasteiger partial charge in [0.2, 0.25) is 0 Å². The molecule has 0 bridgehead atoms. The van der Waals surface area contributed by atoms with Crippen molar-refractivity contribution < 1.29 is 80.2 Å². The van der Waals surface area contributed by atoms with E-state index in [1.807, 2.05) is 0 Å². The second-order valence-electron chi connectivity index (χ2n) is 27.3. The van der Waals surface area contributed by atoms with E-state index in [0.29, 0.717) is 25.7 Å². The van der Waals surface area contributed by atoms with Crippen molar-refractivity contribution >= 4 is 39.5 Å². The lowest BCUT2D eigenvalue weighted by molar-refractivity contribution is -0.161. The van der Waals surface area contributed by atoms with Crippen molar-refractivity contribution in [3.63, 3.8) is 0 Å². The van der Waals surface area contributed by atoms with Crippen LogP contribution >= 0.6 is 15.6 Å². The largest absolute Gasteiger partial charge is 0.472 e. The molecule has 0 fully saturated rings. The van der Waals surface area contributed by atoms with Crippen LogP contribution in [0.5, 0.6) is 0 Å². The van der Waals surface area contributed by atoms with E-state index in [4.69, 9.17) is 37.0 Å². The normalized spacial score (nSPS) is 14.5. The monoisotopic (exact) mass is 1530 g/mol. The molecule has 0 saturated heterocycles. The van der Waals surface area contributed by atoms with E-state index in [0.717, 1.165) is 193 Å². The molecule has 5 unspecified atom stereocenters. The fourth-order valence-electron chi connectivity index (χ4n) is 10.7. The molecular weight excluding hydrogens is 1380 g/mol. The number of ether oxygens (including phenoxy) is 4. The molecule has 3 N–H and O–H groups in total. The molecule has 106 heavy (non-hydrogen) atoms. The van der Waals surface area contributed by atoms with E-state index in [2.05, 4.69) is 161 Å². The first-order valence-electron chi connectivity index (χ1n) is 41.4. The molecule has 0 rings (SSSR count). The van der Waals surface area contributed by atoms with Gasteiger partial charge in [-0.1, -0.05) is 277 Å². The maximum absolute atomic E-state index is 13.1. The molecule has 0 saturated carbocycles. The Hall–Kier alpha value is -4.80. The number of aliphatic hydroxyl groups excluding tert-OH is 1. The van der Waals surface area contributed by atoms with Crippen molar-refractivity contribution in [3.05, 3.63) is 134 Å². The van der Waals surface area contributed by atoms with Crippen molar-refractivity contribution in [1.82, 2.24) is 0 Å². The van der Waals surface area contributed by atoms with E-state index in [1.165, 1.54) is 64.2 Å². The summed E-state index contributed by atoms with van der Waals surface area (Å²) in [5.41, 5.74) is 0. The average Bonchev–Trinajstić information content (AvgIpc) is 0.901. The number of hydrogen-bond acceptors (Lipinski definition) is 15. The Morgan fingerprint density at radius 3 is 0.802 bits per heavy atom. The van der Waals surface area contributed by atoms with Gasteiger partial charge in [-0.2, -0.15) is 0 Å². The smallest absolute Gasteiger partial charge is 0.462 e. The lowest BCUT2D eigenvalue weighted by Gasteiger charge is -2.21. The summed E-state index contributed by atoms with van der Waals surface area (Å²) < 4.78 is 68.6. The predicted octanol–water partition coefficient (Wildman–Crippen LogP) is 24.4. The standard InChI is InChI=1S/C87H148O17P2/c1-5-9-13-17-21-25-29-33-36-38-40-42-45-49-52-56-60-64-68-72-85(90)98-78-83(104-87(92)74-70-66-62-58-54-50-46-43-41-39-37-34-30-26-22-18-14-10-6-2)80-102-106(95,96)100-76-81(88)75-99-105(93,94)101-79-82(103-86(91)73-69-65-61-57-53-47-32-28-24-20-16-12-8-4)77-97-84(89)71-67-63-59-55-51-48-44-35-31-27-23-19-15-11-7-3/h11,15,21-23,25-28,32-37,40-44,51,55,81-83,88H,5-10,12-14,16-20,24,29-31,38-39,45-50,52-54,56-80H2,1-4H3,(H,93,94)(H,95,96)/b15-11-,25-21-,26-22-,27-23-,32-28-,36-33-,37-34-,42-40-,43-41-,44-35-,55-51-. The van der Waals surface area contributed by atoms with E-state index < -0.39 is 97.5 Å². The van der Waals surface area contributed by atoms with Crippen LogP contribution in [-0.2, 0) is 65.4 Å². The number of esters is 4. The van der Waals surface area contributed by atoms with Crippen LogP contribution in [0.3, 0.4) is 0 Å². The van der Waals surface area contributed by atoms with Gasteiger partial charge in [0.1, 0.15) is 19.3 Å². The summed E-state index contributed by atoms with van der Waals surface area (Å²) in [5.74, 6) is -2.25. The summed E-state index contributed by atoms with van der Waals surface area (Å²) in [7, 11) is -9.99. The zero-order valence-electron chi connectivity index (χ0n) is 66.6. The van der Waals surface area contributed by atoms with Gasteiger partial charge in [-0.25, -0.2) is 9.13 Å². The van der Waals surface area contributed by atoms with Crippen LogP contribution in [0.2, 0.25) is 0 Å². The van der Waals surface area contributed by atoms with Crippen molar-refractivity contribution in [3.8, 4) is 0 Å². The van der Waals surface area contributed by atoms with Gasteiger partial charge in [-0.05, 0) is 167 Å². The Morgan fingerprint density at radius 2 is 0.491 bits per heavy atom. The Bertz CT molecular complexity index is 2530. The van der Waals surface area contributed by atoms with Gasteiger partial charge in [0.05, 0.1) is 26.4 Å². The summed E-state index contributed by atoms with van der Waals surface area (Å²) in [4.78, 5) is 73.1. The summed E-state index contributed by atoms with van der Waals surface area (Å²) >= 11 is 0. The minimum Gasteiger partial charge on any atom is -0.462 e. The van der Waals surface area contributed by atoms with Crippen molar-refractivity contribution in [2.24, 2.45) is 0 Å². The lowest BCUT2D eigenvalue weighted by atomic mass is 10.1. The molecule has 0 aromatic carbocycles. The van der Waals surface area contributed by atoms with Gasteiger partial charge in [0.15, 0.2) is 12.2 Å². The number of rotatable bonds is 77. The fraction of sp³-hybridized carbons (Fsp3) is 0.701. The molecule has 0 spiro atoms. The van der Waals surface area contributed by atoms with Crippen LogP contribution in [0.1, 0.15) is 336 Å². The van der Waals surface area contributed by atoms with Crippen LogP contribution in [0.4, 0.5) is 0 Å². The molecule has 19 heteroatoms. The topological polar surface area (TPSA) is 237 Å². The molecule has 17 nitrogen and oxygen atoms in total. The molecule has 0 aliphatic heterocycles.